The molecule has 0 atom stereocenters. The van der Waals surface area contributed by atoms with Gasteiger partial charge in [0, 0.05) is 0 Å². The number of benzene rings is 1. The minimum absolute atomic E-state index is 0.0325. The standard InChI is InChI=1S/C11H9F3O2/c1-16-11(15)8-4-2-7(3-5-8)9(6-12)10(13)14/h2-6,10H,1H3. The zero-order valence-corrected chi connectivity index (χ0v) is 8.41. The molecule has 1 aromatic rings. The quantitative estimate of drug-likeness (QED) is 0.746. The van der Waals surface area contributed by atoms with Crippen LogP contribution < -0.4 is 0 Å². The van der Waals surface area contributed by atoms with Gasteiger partial charge in [-0.1, -0.05) is 12.1 Å². The van der Waals surface area contributed by atoms with Crippen molar-refractivity contribution in [1.29, 1.82) is 0 Å². The van der Waals surface area contributed by atoms with E-state index in [-0.39, 0.29) is 17.5 Å². The van der Waals surface area contributed by atoms with E-state index in [4.69, 9.17) is 0 Å². The Morgan fingerprint density at radius 1 is 1.25 bits per heavy atom. The first kappa shape index (κ1) is 12.3. The van der Waals surface area contributed by atoms with Crippen LogP contribution in [-0.4, -0.2) is 19.5 Å². The van der Waals surface area contributed by atoms with E-state index < -0.39 is 18.0 Å². The summed E-state index contributed by atoms with van der Waals surface area (Å²) in [5.41, 5.74) is -0.458. The molecule has 0 saturated carbocycles. The molecule has 16 heavy (non-hydrogen) atoms. The molecule has 0 fully saturated rings. The Morgan fingerprint density at radius 2 is 1.75 bits per heavy atom. The predicted octanol–water partition coefficient (Wildman–Crippen LogP) is 3.05. The molecule has 0 amide bonds. The minimum atomic E-state index is -2.89. The van der Waals surface area contributed by atoms with Crippen molar-refractivity contribution in [3.8, 4) is 0 Å². The monoisotopic (exact) mass is 230 g/mol. The number of allylic oxidation sites excluding steroid dienone is 1. The first-order valence-corrected chi connectivity index (χ1v) is 4.37. The molecule has 2 nitrogen and oxygen atoms in total. The highest BCUT2D eigenvalue weighted by atomic mass is 19.3. The molecule has 0 aliphatic rings. The third-order valence-corrected chi connectivity index (χ3v) is 1.99. The number of methoxy groups -OCH3 is 1. The number of alkyl halides is 2. The van der Waals surface area contributed by atoms with Crippen molar-refractivity contribution in [2.24, 2.45) is 0 Å². The van der Waals surface area contributed by atoms with Crippen LogP contribution in [0, 0.1) is 0 Å². The third kappa shape index (κ3) is 2.62. The molecule has 1 aromatic carbocycles. The van der Waals surface area contributed by atoms with Gasteiger partial charge in [-0.2, -0.15) is 0 Å². The zero-order chi connectivity index (χ0) is 12.1. The molecule has 0 aliphatic heterocycles. The van der Waals surface area contributed by atoms with Gasteiger partial charge in [0.2, 0.25) is 0 Å². The summed E-state index contributed by atoms with van der Waals surface area (Å²) in [6, 6.07) is 5.08. The highest BCUT2D eigenvalue weighted by Gasteiger charge is 2.14. The molecule has 0 heterocycles. The molecule has 0 aromatic heterocycles. The summed E-state index contributed by atoms with van der Waals surface area (Å²) in [5.74, 6) is -0.575. The Bertz CT molecular complexity index is 396. The van der Waals surface area contributed by atoms with Crippen LogP contribution in [0.4, 0.5) is 13.2 Å². The summed E-state index contributed by atoms with van der Waals surface area (Å²) in [6.45, 7) is 0. The summed E-state index contributed by atoms with van der Waals surface area (Å²) in [4.78, 5) is 11.0. The fourth-order valence-corrected chi connectivity index (χ4v) is 1.15. The van der Waals surface area contributed by atoms with Gasteiger partial charge in [0.05, 0.1) is 24.6 Å². The smallest absolute Gasteiger partial charge is 0.337 e. The van der Waals surface area contributed by atoms with Crippen LogP contribution in [0.25, 0.3) is 5.57 Å². The van der Waals surface area contributed by atoms with Gasteiger partial charge < -0.3 is 4.74 Å². The molecule has 0 radical (unpaired) electrons. The van der Waals surface area contributed by atoms with Crippen LogP contribution in [0.2, 0.25) is 0 Å². The normalized spacial score (nSPS) is 11.7. The molecular formula is C11H9F3O2. The predicted molar refractivity (Wildman–Crippen MR) is 52.9 cm³/mol. The Balaban J connectivity index is 2.99. The van der Waals surface area contributed by atoms with Crippen molar-refractivity contribution in [1.82, 2.24) is 0 Å². The molecule has 0 spiro atoms. The topological polar surface area (TPSA) is 26.3 Å². The molecule has 5 heteroatoms. The van der Waals surface area contributed by atoms with E-state index in [1.165, 1.54) is 31.4 Å². The molecule has 86 valence electrons. The van der Waals surface area contributed by atoms with E-state index >= 15 is 0 Å². The Labute approximate surface area is 90.3 Å². The third-order valence-electron chi connectivity index (χ3n) is 1.99. The van der Waals surface area contributed by atoms with Gasteiger partial charge in [0.1, 0.15) is 0 Å². The van der Waals surface area contributed by atoms with E-state index in [0.717, 1.165) is 0 Å². The lowest BCUT2D eigenvalue weighted by Gasteiger charge is -2.05. The van der Waals surface area contributed by atoms with Crippen LogP contribution in [-0.2, 0) is 4.74 Å². The molecule has 1 rings (SSSR count). The second-order valence-electron chi connectivity index (χ2n) is 2.93. The van der Waals surface area contributed by atoms with Gasteiger partial charge in [-0.3, -0.25) is 0 Å². The average Bonchev–Trinajstić information content (AvgIpc) is 2.29. The van der Waals surface area contributed by atoms with E-state index in [1.807, 2.05) is 0 Å². The van der Waals surface area contributed by atoms with E-state index in [0.29, 0.717) is 0 Å². The maximum absolute atomic E-state index is 12.3. The van der Waals surface area contributed by atoms with Crippen LogP contribution >= 0.6 is 0 Å². The summed E-state index contributed by atoms with van der Waals surface area (Å²) in [6.07, 6.45) is -3.04. The minimum Gasteiger partial charge on any atom is -0.465 e. The van der Waals surface area contributed by atoms with Crippen LogP contribution in [0.5, 0.6) is 0 Å². The van der Waals surface area contributed by atoms with Crippen molar-refractivity contribution in [3.63, 3.8) is 0 Å². The van der Waals surface area contributed by atoms with Gasteiger partial charge in [-0.15, -0.1) is 0 Å². The highest BCUT2D eigenvalue weighted by molar-refractivity contribution is 5.89. The number of esters is 1. The number of carbonyl (C=O) groups is 1. The lowest BCUT2D eigenvalue weighted by molar-refractivity contribution is 0.0600. The summed E-state index contributed by atoms with van der Waals surface area (Å²) in [7, 11) is 1.21. The van der Waals surface area contributed by atoms with E-state index in [2.05, 4.69) is 4.74 Å². The Kier molecular flexibility index (Phi) is 4.10. The van der Waals surface area contributed by atoms with E-state index in [9.17, 15) is 18.0 Å². The second kappa shape index (κ2) is 5.34. The van der Waals surface area contributed by atoms with Gasteiger partial charge in [-0.25, -0.2) is 18.0 Å². The maximum Gasteiger partial charge on any atom is 0.337 e. The van der Waals surface area contributed by atoms with Crippen molar-refractivity contribution in [2.75, 3.05) is 7.11 Å². The fourth-order valence-electron chi connectivity index (χ4n) is 1.15. The second-order valence-corrected chi connectivity index (χ2v) is 2.93. The fraction of sp³-hybridized carbons (Fsp3) is 0.182. The SMILES string of the molecule is COC(=O)c1ccc(C(=CF)C(F)F)cc1. The number of ether oxygens (including phenoxy) is 1. The van der Waals surface area contributed by atoms with Gasteiger partial charge >= 0.3 is 5.97 Å². The Hall–Kier alpha value is -1.78. The van der Waals surface area contributed by atoms with Gasteiger partial charge in [-0.05, 0) is 17.7 Å². The largest absolute Gasteiger partial charge is 0.465 e. The Morgan fingerprint density at radius 3 is 2.12 bits per heavy atom. The number of halogens is 3. The molecular weight excluding hydrogens is 221 g/mol. The van der Waals surface area contributed by atoms with Crippen molar-refractivity contribution < 1.29 is 22.7 Å². The summed E-state index contributed by atoms with van der Waals surface area (Å²) < 4.78 is 41.2. The first-order valence-electron chi connectivity index (χ1n) is 4.37. The van der Waals surface area contributed by atoms with Crippen molar-refractivity contribution >= 4 is 11.5 Å². The zero-order valence-electron chi connectivity index (χ0n) is 8.41. The number of carbonyl (C=O) groups excluding carboxylic acids is 1. The first-order chi connectivity index (χ1) is 7.60. The van der Waals surface area contributed by atoms with Crippen molar-refractivity contribution in [2.45, 2.75) is 6.43 Å². The molecule has 0 saturated heterocycles. The number of hydrogen-bond acceptors (Lipinski definition) is 2. The highest BCUT2D eigenvalue weighted by Crippen LogP contribution is 2.22. The summed E-state index contributed by atoms with van der Waals surface area (Å²) in [5, 5.41) is 0. The van der Waals surface area contributed by atoms with Crippen LogP contribution in [0.1, 0.15) is 15.9 Å². The molecule has 0 unspecified atom stereocenters. The molecule has 0 N–H and O–H groups in total. The average molecular weight is 230 g/mol. The lowest BCUT2D eigenvalue weighted by atomic mass is 10.1. The maximum atomic E-state index is 12.3. The van der Waals surface area contributed by atoms with Gasteiger partial charge in [0.25, 0.3) is 6.43 Å². The van der Waals surface area contributed by atoms with Gasteiger partial charge in [0.15, 0.2) is 0 Å². The van der Waals surface area contributed by atoms with E-state index in [1.54, 1.807) is 0 Å². The molecule has 0 aliphatic carbocycles. The number of rotatable bonds is 3. The van der Waals surface area contributed by atoms with Crippen molar-refractivity contribution in [3.05, 3.63) is 41.7 Å². The van der Waals surface area contributed by atoms with Crippen LogP contribution in [0.15, 0.2) is 30.6 Å². The number of hydrogen-bond donors (Lipinski definition) is 0. The van der Waals surface area contributed by atoms with Crippen LogP contribution in [0.3, 0.4) is 0 Å². The molecule has 0 bridgehead atoms. The lowest BCUT2D eigenvalue weighted by Crippen LogP contribution is -2.02. The summed E-state index contributed by atoms with van der Waals surface area (Å²) >= 11 is 0.